The molecule has 0 rings (SSSR count). The first kappa shape index (κ1) is 9.51. The second kappa shape index (κ2) is 4.35. The van der Waals surface area contributed by atoms with Crippen LogP contribution in [0.15, 0.2) is 0 Å². The van der Waals surface area contributed by atoms with Gasteiger partial charge in [-0.1, -0.05) is 0 Å². The predicted octanol–water partition coefficient (Wildman–Crippen LogP) is -2.81. The number of aliphatic hydroxyl groups excluding tert-OH is 2. The summed E-state index contributed by atoms with van der Waals surface area (Å²) in [4.78, 5) is 10.5. The minimum absolute atomic E-state index is 0.0765. The molecule has 0 spiro atoms. The molecule has 0 aliphatic heterocycles. The number of carbonyl (C=O) groups excluding carboxylic acids is 1. The van der Waals surface area contributed by atoms with Gasteiger partial charge in [0.15, 0.2) is 5.78 Å². The van der Waals surface area contributed by atoms with Crippen molar-refractivity contribution in [3.05, 3.63) is 0 Å². The fourth-order valence-corrected chi connectivity index (χ4v) is 0.467. The van der Waals surface area contributed by atoms with E-state index < -0.39 is 24.5 Å². The lowest BCUT2D eigenvalue weighted by atomic mass is 10.1. The van der Waals surface area contributed by atoms with Gasteiger partial charge in [-0.25, -0.2) is 0 Å². The average molecular weight is 148 g/mol. The number of nitrogens with two attached hydrogens (primary N) is 2. The van der Waals surface area contributed by atoms with Gasteiger partial charge in [-0.2, -0.15) is 0 Å². The second-order valence-electron chi connectivity index (χ2n) is 1.95. The van der Waals surface area contributed by atoms with Gasteiger partial charge in [0.25, 0.3) is 0 Å². The van der Waals surface area contributed by atoms with E-state index in [9.17, 15) is 4.79 Å². The highest BCUT2D eigenvalue weighted by Gasteiger charge is 2.19. The van der Waals surface area contributed by atoms with E-state index in [2.05, 4.69) is 0 Å². The van der Waals surface area contributed by atoms with Gasteiger partial charge in [-0.15, -0.1) is 0 Å². The first-order valence-electron chi connectivity index (χ1n) is 2.90. The summed E-state index contributed by atoms with van der Waals surface area (Å²) in [6, 6.07) is -1.06. The zero-order valence-corrected chi connectivity index (χ0v) is 5.53. The van der Waals surface area contributed by atoms with Crippen LogP contribution < -0.4 is 11.5 Å². The lowest BCUT2D eigenvalue weighted by Crippen LogP contribution is -2.46. The number of ketones is 1. The van der Waals surface area contributed by atoms with Gasteiger partial charge in [-0.05, 0) is 0 Å². The van der Waals surface area contributed by atoms with Crippen LogP contribution in [0.4, 0.5) is 0 Å². The number of Topliss-reactive ketones (excluding diaryl/α,β-unsaturated/α-hetero) is 1. The van der Waals surface area contributed by atoms with E-state index in [0.29, 0.717) is 0 Å². The molecular weight excluding hydrogens is 136 g/mol. The van der Waals surface area contributed by atoms with Crippen molar-refractivity contribution < 1.29 is 15.0 Å². The van der Waals surface area contributed by atoms with Gasteiger partial charge in [-0.3, -0.25) is 4.79 Å². The first-order chi connectivity index (χ1) is 4.63. The van der Waals surface area contributed by atoms with Crippen molar-refractivity contribution in [3.63, 3.8) is 0 Å². The largest absolute Gasteiger partial charge is 0.390 e. The van der Waals surface area contributed by atoms with Crippen molar-refractivity contribution in [1.82, 2.24) is 0 Å². The summed E-state index contributed by atoms with van der Waals surface area (Å²) in [7, 11) is 0. The Morgan fingerprint density at radius 3 is 2.40 bits per heavy atom. The van der Waals surface area contributed by atoms with Gasteiger partial charge >= 0.3 is 0 Å². The average Bonchev–Trinajstić information content (AvgIpc) is 2.00. The van der Waals surface area contributed by atoms with E-state index in [0.717, 1.165) is 0 Å². The van der Waals surface area contributed by atoms with Gasteiger partial charge in [0.2, 0.25) is 0 Å². The second-order valence-corrected chi connectivity index (χ2v) is 1.95. The maximum atomic E-state index is 10.5. The monoisotopic (exact) mass is 148 g/mol. The standard InChI is InChI=1S/C5H12N2O3/c6-1-3(9)5(7)4(10)2-8/h3,5,8-9H,1-2,6-7H2/t3-,5-/m1/s1. The molecular formula is C5H12N2O3. The Labute approximate surface area is 58.6 Å². The van der Waals surface area contributed by atoms with E-state index in [1.165, 1.54) is 0 Å². The zero-order chi connectivity index (χ0) is 8.15. The van der Waals surface area contributed by atoms with Crippen molar-refractivity contribution >= 4 is 5.78 Å². The molecule has 0 bridgehead atoms. The fourth-order valence-electron chi connectivity index (χ4n) is 0.467. The number of hydrogen-bond donors (Lipinski definition) is 4. The number of hydrogen-bond acceptors (Lipinski definition) is 5. The minimum atomic E-state index is -1.06. The van der Waals surface area contributed by atoms with Gasteiger partial charge < -0.3 is 21.7 Å². The molecule has 0 radical (unpaired) electrons. The minimum Gasteiger partial charge on any atom is -0.390 e. The first-order valence-corrected chi connectivity index (χ1v) is 2.90. The van der Waals surface area contributed by atoms with Crippen LogP contribution in [0.1, 0.15) is 0 Å². The highest BCUT2D eigenvalue weighted by molar-refractivity contribution is 5.85. The molecule has 0 aliphatic rings. The topological polar surface area (TPSA) is 110 Å². The SMILES string of the molecule is NC[C@@H](O)[C@@H](N)C(=O)CO. The van der Waals surface area contributed by atoms with Crippen molar-refractivity contribution in [3.8, 4) is 0 Å². The number of rotatable bonds is 4. The summed E-state index contributed by atoms with van der Waals surface area (Å²) in [6.45, 7) is -0.731. The Hall–Kier alpha value is -0.490. The summed E-state index contributed by atoms with van der Waals surface area (Å²) in [5.74, 6) is -0.599. The molecule has 0 saturated heterocycles. The molecule has 0 aromatic heterocycles. The molecule has 60 valence electrons. The predicted molar refractivity (Wildman–Crippen MR) is 35.1 cm³/mol. The highest BCUT2D eigenvalue weighted by Crippen LogP contribution is 1.88. The molecule has 5 nitrogen and oxygen atoms in total. The molecule has 10 heavy (non-hydrogen) atoms. The maximum absolute atomic E-state index is 10.5. The van der Waals surface area contributed by atoms with Crippen LogP contribution in [-0.4, -0.2) is 41.3 Å². The lowest BCUT2D eigenvalue weighted by Gasteiger charge is -2.13. The van der Waals surface area contributed by atoms with Crippen molar-refractivity contribution in [2.75, 3.05) is 13.2 Å². The number of carbonyl (C=O) groups is 1. The maximum Gasteiger partial charge on any atom is 0.177 e. The molecule has 2 atom stereocenters. The Kier molecular flexibility index (Phi) is 4.13. The lowest BCUT2D eigenvalue weighted by molar-refractivity contribution is -0.125. The summed E-state index contributed by atoms with van der Waals surface area (Å²) >= 11 is 0. The molecule has 0 heterocycles. The van der Waals surface area contributed by atoms with Gasteiger partial charge in [0.1, 0.15) is 6.61 Å². The number of aliphatic hydroxyl groups is 2. The Bertz CT molecular complexity index is 117. The van der Waals surface area contributed by atoms with E-state index >= 15 is 0 Å². The van der Waals surface area contributed by atoms with Crippen LogP contribution in [0.3, 0.4) is 0 Å². The van der Waals surface area contributed by atoms with E-state index in [4.69, 9.17) is 21.7 Å². The van der Waals surface area contributed by atoms with Gasteiger partial charge in [0.05, 0.1) is 12.1 Å². The summed E-state index contributed by atoms with van der Waals surface area (Å²) in [6.07, 6.45) is -1.06. The normalized spacial score (nSPS) is 16.4. The summed E-state index contributed by atoms with van der Waals surface area (Å²) in [5.41, 5.74) is 10.1. The van der Waals surface area contributed by atoms with Crippen LogP contribution in [0, 0.1) is 0 Å². The molecule has 0 saturated carbocycles. The van der Waals surface area contributed by atoms with Crippen LogP contribution in [0.2, 0.25) is 0 Å². The van der Waals surface area contributed by atoms with Crippen molar-refractivity contribution in [2.45, 2.75) is 12.1 Å². The molecule has 0 aromatic rings. The van der Waals surface area contributed by atoms with Crippen LogP contribution in [0.25, 0.3) is 0 Å². The third-order valence-electron chi connectivity index (χ3n) is 1.18. The molecule has 5 heteroatoms. The van der Waals surface area contributed by atoms with E-state index in [-0.39, 0.29) is 6.54 Å². The quantitative estimate of drug-likeness (QED) is 0.344. The molecule has 0 aliphatic carbocycles. The Balaban J connectivity index is 3.81. The van der Waals surface area contributed by atoms with Crippen LogP contribution >= 0.6 is 0 Å². The Morgan fingerprint density at radius 2 is 2.10 bits per heavy atom. The Morgan fingerprint density at radius 1 is 1.60 bits per heavy atom. The van der Waals surface area contributed by atoms with Crippen molar-refractivity contribution in [2.24, 2.45) is 11.5 Å². The molecule has 0 aromatic carbocycles. The molecule has 0 fully saturated rings. The van der Waals surface area contributed by atoms with Crippen LogP contribution in [0.5, 0.6) is 0 Å². The molecule has 0 amide bonds. The van der Waals surface area contributed by atoms with E-state index in [1.807, 2.05) is 0 Å². The zero-order valence-electron chi connectivity index (χ0n) is 5.53. The van der Waals surface area contributed by atoms with Crippen molar-refractivity contribution in [1.29, 1.82) is 0 Å². The third-order valence-corrected chi connectivity index (χ3v) is 1.18. The summed E-state index contributed by atoms with van der Waals surface area (Å²) in [5, 5.41) is 17.1. The fraction of sp³-hybridized carbons (Fsp3) is 0.800. The van der Waals surface area contributed by atoms with E-state index in [1.54, 1.807) is 0 Å². The van der Waals surface area contributed by atoms with Crippen LogP contribution in [-0.2, 0) is 4.79 Å². The highest BCUT2D eigenvalue weighted by atomic mass is 16.3. The molecule has 0 unspecified atom stereocenters. The third kappa shape index (κ3) is 2.40. The smallest absolute Gasteiger partial charge is 0.177 e. The van der Waals surface area contributed by atoms with Gasteiger partial charge in [0, 0.05) is 6.54 Å². The molecule has 6 N–H and O–H groups in total. The summed E-state index contributed by atoms with van der Waals surface area (Å²) < 4.78 is 0.